The molecule has 0 aliphatic rings. The highest BCUT2D eigenvalue weighted by atomic mass is 127. The van der Waals surface area contributed by atoms with Crippen molar-refractivity contribution in [2.45, 2.75) is 24.7 Å². The Labute approximate surface area is 154 Å². The van der Waals surface area contributed by atoms with E-state index in [1.807, 2.05) is 22.6 Å². The number of rotatable bonds is 4. The van der Waals surface area contributed by atoms with Crippen molar-refractivity contribution in [3.05, 3.63) is 50.9 Å². The molecular weight excluding hydrogens is 452 g/mol. The SMILES string of the molecule is CC(O)(C(N)=O)C(c1ccc(C#N)c(C(F)(F)F)c1)n1cc(I)cn1. The minimum absolute atomic E-state index is 0.0605. The third-order valence-electron chi connectivity index (χ3n) is 3.65. The molecule has 3 N–H and O–H groups in total. The van der Waals surface area contributed by atoms with E-state index in [4.69, 9.17) is 11.0 Å². The number of carbonyl (C=O) groups excluding carboxylic acids is 1. The molecule has 2 rings (SSSR count). The van der Waals surface area contributed by atoms with Crippen LogP contribution in [0.3, 0.4) is 0 Å². The molecule has 10 heteroatoms. The van der Waals surface area contributed by atoms with Crippen LogP contribution in [-0.2, 0) is 11.0 Å². The molecule has 2 atom stereocenters. The number of carbonyl (C=O) groups is 1. The lowest BCUT2D eigenvalue weighted by Gasteiger charge is -2.31. The molecule has 2 unspecified atom stereocenters. The molecule has 0 radical (unpaired) electrons. The zero-order valence-electron chi connectivity index (χ0n) is 12.8. The number of benzene rings is 1. The van der Waals surface area contributed by atoms with Gasteiger partial charge in [-0.25, -0.2) is 0 Å². The molecule has 0 saturated carbocycles. The van der Waals surface area contributed by atoms with Crippen molar-refractivity contribution >= 4 is 28.5 Å². The highest BCUT2D eigenvalue weighted by Gasteiger charge is 2.42. The molecule has 1 amide bonds. The third kappa shape index (κ3) is 3.77. The predicted octanol–water partition coefficient (Wildman–Crippen LogP) is 2.20. The maximum atomic E-state index is 13.2. The lowest BCUT2D eigenvalue weighted by molar-refractivity contribution is -0.138. The summed E-state index contributed by atoms with van der Waals surface area (Å²) < 4.78 is 41.4. The number of halogens is 4. The second-order valence-corrected chi connectivity index (χ2v) is 6.71. The second-order valence-electron chi connectivity index (χ2n) is 5.47. The summed E-state index contributed by atoms with van der Waals surface area (Å²) in [4.78, 5) is 11.7. The number of alkyl halides is 3. The summed E-state index contributed by atoms with van der Waals surface area (Å²) in [5.41, 5.74) is 1.22. The fourth-order valence-electron chi connectivity index (χ4n) is 2.39. The number of primary amides is 1. The largest absolute Gasteiger partial charge is 0.417 e. The molecule has 25 heavy (non-hydrogen) atoms. The summed E-state index contributed by atoms with van der Waals surface area (Å²) in [5.74, 6) is -1.12. The van der Waals surface area contributed by atoms with E-state index in [0.29, 0.717) is 3.57 Å². The number of hydrogen-bond acceptors (Lipinski definition) is 4. The lowest BCUT2D eigenvalue weighted by Crippen LogP contribution is -2.48. The van der Waals surface area contributed by atoms with Crippen molar-refractivity contribution in [3.8, 4) is 6.07 Å². The third-order valence-corrected chi connectivity index (χ3v) is 4.21. The molecule has 0 saturated heterocycles. The molecule has 0 fully saturated rings. The van der Waals surface area contributed by atoms with Gasteiger partial charge in [0, 0.05) is 6.20 Å². The maximum Gasteiger partial charge on any atom is 0.417 e. The zero-order chi connectivity index (χ0) is 19.0. The summed E-state index contributed by atoms with van der Waals surface area (Å²) in [6, 6.07) is 3.10. The van der Waals surface area contributed by atoms with Crippen LogP contribution in [0.1, 0.15) is 29.7 Å². The van der Waals surface area contributed by atoms with Crippen LogP contribution >= 0.6 is 22.6 Å². The minimum atomic E-state index is -4.78. The summed E-state index contributed by atoms with van der Waals surface area (Å²) in [5, 5.41) is 23.4. The number of aromatic nitrogens is 2. The molecule has 1 aromatic heterocycles. The molecular formula is C15H12F3IN4O2. The summed E-state index contributed by atoms with van der Waals surface area (Å²) in [7, 11) is 0. The Bertz CT molecular complexity index is 855. The average Bonchev–Trinajstić information content (AvgIpc) is 2.92. The number of aliphatic hydroxyl groups is 1. The van der Waals surface area contributed by atoms with Crippen LogP contribution in [0.4, 0.5) is 13.2 Å². The van der Waals surface area contributed by atoms with Gasteiger partial charge in [-0.3, -0.25) is 9.48 Å². The van der Waals surface area contributed by atoms with Gasteiger partial charge in [0.15, 0.2) is 5.60 Å². The molecule has 0 spiro atoms. The Hall–Kier alpha value is -2.13. The van der Waals surface area contributed by atoms with Crippen LogP contribution in [-0.4, -0.2) is 26.4 Å². The van der Waals surface area contributed by atoms with Crippen molar-refractivity contribution in [1.82, 2.24) is 9.78 Å². The van der Waals surface area contributed by atoms with E-state index in [2.05, 4.69) is 5.10 Å². The number of nitrogens with zero attached hydrogens (tertiary/aromatic N) is 3. The summed E-state index contributed by atoms with van der Waals surface area (Å²) >= 11 is 1.93. The average molecular weight is 464 g/mol. The Kier molecular flexibility index (Phi) is 5.10. The Morgan fingerprint density at radius 1 is 1.48 bits per heavy atom. The summed E-state index contributed by atoms with van der Waals surface area (Å²) in [6.45, 7) is 1.10. The summed E-state index contributed by atoms with van der Waals surface area (Å²) in [6.07, 6.45) is -1.91. The van der Waals surface area contributed by atoms with E-state index < -0.39 is 34.9 Å². The number of amides is 1. The van der Waals surface area contributed by atoms with E-state index in [-0.39, 0.29) is 5.56 Å². The van der Waals surface area contributed by atoms with Gasteiger partial charge in [-0.1, -0.05) is 6.07 Å². The van der Waals surface area contributed by atoms with Crippen LogP contribution in [0, 0.1) is 14.9 Å². The van der Waals surface area contributed by atoms with Crippen molar-refractivity contribution < 1.29 is 23.1 Å². The first kappa shape index (κ1) is 19.2. The van der Waals surface area contributed by atoms with Crippen molar-refractivity contribution in [1.29, 1.82) is 5.26 Å². The number of hydrogen-bond donors (Lipinski definition) is 2. The van der Waals surface area contributed by atoms with E-state index >= 15 is 0 Å². The Morgan fingerprint density at radius 3 is 2.56 bits per heavy atom. The highest BCUT2D eigenvalue weighted by Crippen LogP contribution is 2.37. The standard InChI is InChI=1S/C15H12F3IN4O2/c1-14(25,13(21)24)12(23-7-10(19)6-22-23)8-2-3-9(5-20)11(4-8)15(16,17)18/h2-4,6-7,12,25H,1H3,(H2,21,24). The normalized spacial score (nSPS) is 15.2. The fraction of sp³-hybridized carbons (Fsp3) is 0.267. The first-order valence-corrected chi connectivity index (χ1v) is 7.89. The van der Waals surface area contributed by atoms with Crippen LogP contribution in [0.5, 0.6) is 0 Å². The van der Waals surface area contributed by atoms with Gasteiger partial charge in [-0.15, -0.1) is 0 Å². The first-order valence-electron chi connectivity index (χ1n) is 6.81. The van der Waals surface area contributed by atoms with Crippen molar-refractivity contribution in [2.24, 2.45) is 5.73 Å². The monoisotopic (exact) mass is 464 g/mol. The molecule has 1 aromatic carbocycles. The Morgan fingerprint density at radius 2 is 2.12 bits per heavy atom. The van der Waals surface area contributed by atoms with E-state index in [1.54, 1.807) is 0 Å². The van der Waals surface area contributed by atoms with Gasteiger partial charge in [0.1, 0.15) is 6.04 Å². The molecule has 1 heterocycles. The molecule has 6 nitrogen and oxygen atoms in total. The Balaban J connectivity index is 2.71. The van der Waals surface area contributed by atoms with Crippen LogP contribution in [0.2, 0.25) is 0 Å². The predicted molar refractivity (Wildman–Crippen MR) is 89.1 cm³/mol. The fourth-order valence-corrected chi connectivity index (χ4v) is 2.80. The first-order chi connectivity index (χ1) is 11.5. The smallest absolute Gasteiger partial charge is 0.378 e. The quantitative estimate of drug-likeness (QED) is 0.678. The second kappa shape index (κ2) is 6.64. The number of nitriles is 1. The minimum Gasteiger partial charge on any atom is -0.378 e. The van der Waals surface area contributed by atoms with Gasteiger partial charge in [0.2, 0.25) is 0 Å². The van der Waals surface area contributed by atoms with Gasteiger partial charge in [0.25, 0.3) is 5.91 Å². The molecule has 2 aromatic rings. The van der Waals surface area contributed by atoms with Crippen molar-refractivity contribution in [2.75, 3.05) is 0 Å². The van der Waals surface area contributed by atoms with Gasteiger partial charge < -0.3 is 10.8 Å². The van der Waals surface area contributed by atoms with Gasteiger partial charge in [0.05, 0.1) is 27.0 Å². The van der Waals surface area contributed by atoms with Gasteiger partial charge in [-0.05, 0) is 47.2 Å². The molecule has 132 valence electrons. The van der Waals surface area contributed by atoms with Crippen LogP contribution in [0.25, 0.3) is 0 Å². The van der Waals surface area contributed by atoms with E-state index in [0.717, 1.165) is 23.7 Å². The van der Waals surface area contributed by atoms with Gasteiger partial charge >= 0.3 is 6.18 Å². The topological polar surface area (TPSA) is 105 Å². The molecule has 0 aliphatic heterocycles. The van der Waals surface area contributed by atoms with Crippen LogP contribution < -0.4 is 5.73 Å². The zero-order valence-corrected chi connectivity index (χ0v) is 14.9. The molecule has 0 bridgehead atoms. The lowest BCUT2D eigenvalue weighted by atomic mass is 9.88. The van der Waals surface area contributed by atoms with Crippen LogP contribution in [0.15, 0.2) is 30.6 Å². The highest BCUT2D eigenvalue weighted by molar-refractivity contribution is 14.1. The van der Waals surface area contributed by atoms with Crippen molar-refractivity contribution in [3.63, 3.8) is 0 Å². The number of nitrogens with two attached hydrogens (primary N) is 1. The van der Waals surface area contributed by atoms with Gasteiger partial charge in [-0.2, -0.15) is 23.5 Å². The maximum absolute atomic E-state index is 13.2. The molecule has 0 aliphatic carbocycles. The van der Waals surface area contributed by atoms with E-state index in [9.17, 15) is 23.1 Å². The van der Waals surface area contributed by atoms with E-state index in [1.165, 1.54) is 24.5 Å².